The molecule has 1 unspecified atom stereocenters. The number of benzene rings is 1. The molecular weight excluding hydrogens is 313 g/mol. The standard InChI is InChI=1S/C12H14IN3/c1-14-11(12-15-7-8-16(12)2)9-3-5-10(13)6-4-9/h3-8,11,14H,1-2H3. The van der Waals surface area contributed by atoms with Crippen LogP contribution in [0.4, 0.5) is 0 Å². The maximum absolute atomic E-state index is 4.38. The van der Waals surface area contributed by atoms with Crippen molar-refractivity contribution in [2.45, 2.75) is 6.04 Å². The highest BCUT2D eigenvalue weighted by Gasteiger charge is 2.15. The van der Waals surface area contributed by atoms with Crippen molar-refractivity contribution in [3.8, 4) is 0 Å². The van der Waals surface area contributed by atoms with E-state index >= 15 is 0 Å². The van der Waals surface area contributed by atoms with E-state index in [0.717, 1.165) is 5.82 Å². The second-order valence-electron chi connectivity index (χ2n) is 3.67. The molecule has 1 aromatic heterocycles. The van der Waals surface area contributed by atoms with Crippen molar-refractivity contribution in [2.24, 2.45) is 7.05 Å². The van der Waals surface area contributed by atoms with E-state index in [0.29, 0.717) is 0 Å². The van der Waals surface area contributed by atoms with Crippen molar-refractivity contribution in [3.63, 3.8) is 0 Å². The lowest BCUT2D eigenvalue weighted by molar-refractivity contribution is 0.617. The molecule has 0 radical (unpaired) electrons. The van der Waals surface area contributed by atoms with E-state index < -0.39 is 0 Å². The molecule has 0 saturated heterocycles. The Morgan fingerprint density at radius 1 is 1.31 bits per heavy atom. The zero-order chi connectivity index (χ0) is 11.5. The topological polar surface area (TPSA) is 29.9 Å². The van der Waals surface area contributed by atoms with Crippen molar-refractivity contribution in [2.75, 3.05) is 7.05 Å². The van der Waals surface area contributed by atoms with E-state index in [4.69, 9.17) is 0 Å². The molecule has 0 saturated carbocycles. The molecule has 0 fully saturated rings. The van der Waals surface area contributed by atoms with Crippen molar-refractivity contribution in [1.29, 1.82) is 0 Å². The molecule has 4 heteroatoms. The quantitative estimate of drug-likeness (QED) is 0.877. The normalized spacial score (nSPS) is 12.7. The van der Waals surface area contributed by atoms with Crippen LogP contribution in [-0.4, -0.2) is 16.6 Å². The molecule has 2 aromatic rings. The van der Waals surface area contributed by atoms with Crippen LogP contribution in [0.3, 0.4) is 0 Å². The molecule has 0 spiro atoms. The summed E-state index contributed by atoms with van der Waals surface area (Å²) in [7, 11) is 3.97. The van der Waals surface area contributed by atoms with Gasteiger partial charge in [-0.15, -0.1) is 0 Å². The van der Waals surface area contributed by atoms with Crippen LogP contribution in [0.5, 0.6) is 0 Å². The minimum absolute atomic E-state index is 0.150. The van der Waals surface area contributed by atoms with Gasteiger partial charge in [-0.25, -0.2) is 4.98 Å². The van der Waals surface area contributed by atoms with Crippen LogP contribution in [0.2, 0.25) is 0 Å². The second-order valence-corrected chi connectivity index (χ2v) is 4.92. The SMILES string of the molecule is CNC(c1ccc(I)cc1)c1nccn1C. The zero-order valence-corrected chi connectivity index (χ0v) is 11.5. The molecule has 0 amide bonds. The Morgan fingerprint density at radius 2 is 2.00 bits per heavy atom. The molecule has 2 rings (SSSR count). The summed E-state index contributed by atoms with van der Waals surface area (Å²) in [6, 6.07) is 8.65. The summed E-state index contributed by atoms with van der Waals surface area (Å²) in [5.74, 6) is 1.03. The maximum atomic E-state index is 4.38. The fourth-order valence-corrected chi connectivity index (χ4v) is 2.11. The predicted octanol–water partition coefficient (Wildman–Crippen LogP) is 2.33. The van der Waals surface area contributed by atoms with E-state index in [2.05, 4.69) is 57.2 Å². The highest BCUT2D eigenvalue weighted by molar-refractivity contribution is 14.1. The third kappa shape index (κ3) is 2.27. The summed E-state index contributed by atoms with van der Waals surface area (Å²) in [4.78, 5) is 4.38. The van der Waals surface area contributed by atoms with E-state index in [1.54, 1.807) is 0 Å². The van der Waals surface area contributed by atoms with E-state index in [-0.39, 0.29) is 6.04 Å². The van der Waals surface area contributed by atoms with E-state index in [1.165, 1.54) is 9.13 Å². The van der Waals surface area contributed by atoms with Gasteiger partial charge < -0.3 is 9.88 Å². The molecule has 3 nitrogen and oxygen atoms in total. The number of halogens is 1. The van der Waals surface area contributed by atoms with Gasteiger partial charge >= 0.3 is 0 Å². The van der Waals surface area contributed by atoms with Gasteiger partial charge in [0.2, 0.25) is 0 Å². The molecule has 1 heterocycles. The molecule has 84 valence electrons. The van der Waals surface area contributed by atoms with E-state index in [1.807, 2.05) is 31.1 Å². The first kappa shape index (κ1) is 11.6. The fourth-order valence-electron chi connectivity index (χ4n) is 1.76. The largest absolute Gasteiger partial charge is 0.336 e. The van der Waals surface area contributed by atoms with Gasteiger partial charge in [-0.2, -0.15) is 0 Å². The Kier molecular flexibility index (Phi) is 3.60. The Bertz CT molecular complexity index is 461. The third-order valence-electron chi connectivity index (χ3n) is 2.61. The monoisotopic (exact) mass is 327 g/mol. The number of aromatic nitrogens is 2. The summed E-state index contributed by atoms with van der Waals surface area (Å²) in [6.45, 7) is 0. The lowest BCUT2D eigenvalue weighted by atomic mass is 10.1. The predicted molar refractivity (Wildman–Crippen MR) is 73.3 cm³/mol. The Morgan fingerprint density at radius 3 is 2.50 bits per heavy atom. The fraction of sp³-hybridized carbons (Fsp3) is 0.250. The van der Waals surface area contributed by atoms with Gasteiger partial charge in [0, 0.05) is 23.0 Å². The summed E-state index contributed by atoms with van der Waals surface area (Å²) in [6.07, 6.45) is 3.79. The molecule has 0 aliphatic heterocycles. The minimum Gasteiger partial charge on any atom is -0.336 e. The second kappa shape index (κ2) is 4.97. The first-order valence-corrected chi connectivity index (χ1v) is 6.20. The summed E-state index contributed by atoms with van der Waals surface area (Å²) in [5, 5.41) is 3.30. The van der Waals surface area contributed by atoms with Gasteiger partial charge in [-0.05, 0) is 47.3 Å². The smallest absolute Gasteiger partial charge is 0.130 e. The Balaban J connectivity index is 2.37. The Labute approximate surface area is 109 Å². The zero-order valence-electron chi connectivity index (χ0n) is 9.31. The minimum atomic E-state index is 0.150. The number of aryl methyl sites for hydroxylation is 1. The van der Waals surface area contributed by atoms with Crippen molar-refractivity contribution in [3.05, 3.63) is 51.6 Å². The summed E-state index contributed by atoms with van der Waals surface area (Å²) >= 11 is 2.31. The highest BCUT2D eigenvalue weighted by Crippen LogP contribution is 2.20. The first-order valence-electron chi connectivity index (χ1n) is 5.12. The van der Waals surface area contributed by atoms with E-state index in [9.17, 15) is 0 Å². The average molecular weight is 327 g/mol. The highest BCUT2D eigenvalue weighted by atomic mass is 127. The first-order chi connectivity index (χ1) is 7.72. The van der Waals surface area contributed by atoms with Gasteiger partial charge in [0.1, 0.15) is 5.82 Å². The lowest BCUT2D eigenvalue weighted by Crippen LogP contribution is -2.21. The van der Waals surface area contributed by atoms with Crippen LogP contribution in [0.1, 0.15) is 17.4 Å². The molecule has 1 N–H and O–H groups in total. The van der Waals surface area contributed by atoms with Crippen LogP contribution in [0.15, 0.2) is 36.7 Å². The molecule has 0 bridgehead atoms. The molecule has 0 aliphatic rings. The third-order valence-corrected chi connectivity index (χ3v) is 3.33. The van der Waals surface area contributed by atoms with Gasteiger partial charge in [0.05, 0.1) is 6.04 Å². The number of rotatable bonds is 3. The average Bonchev–Trinajstić information content (AvgIpc) is 2.69. The summed E-state index contributed by atoms with van der Waals surface area (Å²) in [5.41, 5.74) is 1.23. The maximum Gasteiger partial charge on any atom is 0.130 e. The Hall–Kier alpha value is -0.880. The van der Waals surface area contributed by atoms with Crippen molar-refractivity contribution in [1.82, 2.24) is 14.9 Å². The number of imidazole rings is 1. The summed E-state index contributed by atoms with van der Waals surface area (Å²) < 4.78 is 3.29. The van der Waals surface area contributed by atoms with Gasteiger partial charge in [0.15, 0.2) is 0 Å². The number of hydrogen-bond donors (Lipinski definition) is 1. The molecular formula is C12H14IN3. The van der Waals surface area contributed by atoms with Crippen LogP contribution in [0, 0.1) is 3.57 Å². The van der Waals surface area contributed by atoms with Crippen molar-refractivity contribution < 1.29 is 0 Å². The molecule has 0 aliphatic carbocycles. The van der Waals surface area contributed by atoms with Gasteiger partial charge in [-0.1, -0.05) is 12.1 Å². The van der Waals surface area contributed by atoms with Crippen LogP contribution in [-0.2, 0) is 7.05 Å². The number of nitrogens with zero attached hydrogens (tertiary/aromatic N) is 2. The van der Waals surface area contributed by atoms with Crippen molar-refractivity contribution >= 4 is 22.6 Å². The number of hydrogen-bond acceptors (Lipinski definition) is 2. The molecule has 16 heavy (non-hydrogen) atoms. The molecule has 1 aromatic carbocycles. The number of nitrogens with one attached hydrogen (secondary N) is 1. The van der Waals surface area contributed by atoms with Crippen LogP contribution >= 0.6 is 22.6 Å². The molecule has 1 atom stereocenters. The van der Waals surface area contributed by atoms with Gasteiger partial charge in [-0.3, -0.25) is 0 Å². The van der Waals surface area contributed by atoms with Crippen LogP contribution < -0.4 is 5.32 Å². The van der Waals surface area contributed by atoms with Gasteiger partial charge in [0.25, 0.3) is 0 Å². The lowest BCUT2D eigenvalue weighted by Gasteiger charge is -2.16. The van der Waals surface area contributed by atoms with Crippen LogP contribution in [0.25, 0.3) is 0 Å².